The van der Waals surface area contributed by atoms with Crippen LogP contribution in [0.3, 0.4) is 0 Å². The van der Waals surface area contributed by atoms with Crippen LogP contribution in [0.2, 0.25) is 0 Å². The minimum absolute atomic E-state index is 0. The van der Waals surface area contributed by atoms with Gasteiger partial charge in [-0.25, -0.2) is 0 Å². The standard InChI is InChI=1S/C32H38N2O2.BrH/c1-6-28(30-23-34(22-10-9-21-33(2)3)31-12-8-7-11-29(30)31)32(24-13-17-26(35-4)18-14-24)25-15-19-27(36-5)20-16-25;/h7-8,11-20,23H,6,9-10,21-22H2,1-5H3;1H. The molecule has 4 nitrogen and oxygen atoms in total. The Morgan fingerprint density at radius 1 is 0.784 bits per heavy atom. The third-order valence-electron chi connectivity index (χ3n) is 6.85. The summed E-state index contributed by atoms with van der Waals surface area (Å²) in [6, 6.07) is 25.6. The Morgan fingerprint density at radius 2 is 1.35 bits per heavy atom. The summed E-state index contributed by atoms with van der Waals surface area (Å²) in [6.07, 6.45) is 5.70. The topological polar surface area (TPSA) is 27.8 Å². The van der Waals surface area contributed by atoms with Gasteiger partial charge in [-0.05, 0) is 71.9 Å². The van der Waals surface area contributed by atoms with Crippen molar-refractivity contribution in [3.8, 4) is 11.5 Å². The summed E-state index contributed by atoms with van der Waals surface area (Å²) in [6.45, 7) is 4.49. The van der Waals surface area contributed by atoms with Gasteiger partial charge < -0.3 is 35.9 Å². The van der Waals surface area contributed by atoms with Crippen molar-refractivity contribution in [3.63, 3.8) is 0 Å². The van der Waals surface area contributed by atoms with E-state index < -0.39 is 0 Å². The van der Waals surface area contributed by atoms with Crippen molar-refractivity contribution in [2.24, 2.45) is 0 Å². The largest absolute Gasteiger partial charge is 1.00 e. The normalized spacial score (nSPS) is 10.9. The minimum Gasteiger partial charge on any atom is -1.00 e. The van der Waals surface area contributed by atoms with Gasteiger partial charge in [-0.2, -0.15) is 0 Å². The average molecular weight is 564 g/mol. The van der Waals surface area contributed by atoms with Crippen LogP contribution < -0.4 is 31.4 Å². The number of benzene rings is 3. The second-order valence-corrected chi connectivity index (χ2v) is 9.58. The van der Waals surface area contributed by atoms with Gasteiger partial charge in [0.1, 0.15) is 11.5 Å². The van der Waals surface area contributed by atoms with Crippen LogP contribution in [0.15, 0.2) is 79.0 Å². The molecule has 0 spiro atoms. The molecular weight excluding hydrogens is 524 g/mol. The zero-order valence-corrected chi connectivity index (χ0v) is 24.3. The van der Waals surface area contributed by atoms with Crippen LogP contribution in [-0.4, -0.2) is 39.4 Å². The summed E-state index contributed by atoms with van der Waals surface area (Å²) in [7, 11) is 7.87. The zero-order valence-electron chi connectivity index (χ0n) is 22.7. The zero-order chi connectivity index (χ0) is 25.5. The molecule has 0 amide bonds. The maximum absolute atomic E-state index is 5.44. The Bertz CT molecular complexity index is 1260. The second kappa shape index (κ2) is 13.5. The van der Waals surface area contributed by atoms with E-state index in [0.717, 1.165) is 24.5 Å². The number of fused-ring (bicyclic) bond motifs is 1. The van der Waals surface area contributed by atoms with Crippen molar-refractivity contribution in [2.75, 3.05) is 34.9 Å². The van der Waals surface area contributed by atoms with Gasteiger partial charge in [-0.1, -0.05) is 49.4 Å². The number of nitrogens with one attached hydrogen (secondary N) is 1. The van der Waals surface area contributed by atoms with Gasteiger partial charge in [0.2, 0.25) is 0 Å². The summed E-state index contributed by atoms with van der Waals surface area (Å²) in [5.74, 6) is 1.73. The molecule has 0 unspecified atom stereocenters. The highest BCUT2D eigenvalue weighted by Gasteiger charge is 2.18. The molecule has 4 aromatic rings. The Kier molecular flexibility index (Phi) is 10.4. The molecule has 0 radical (unpaired) electrons. The number of unbranched alkanes of at least 4 members (excludes halogenated alkanes) is 1. The lowest BCUT2D eigenvalue weighted by atomic mass is 9.88. The molecular formula is C32H39BrN2O2. The van der Waals surface area contributed by atoms with Crippen LogP contribution in [0.5, 0.6) is 11.5 Å². The number of allylic oxidation sites excluding steroid dienone is 1. The van der Waals surface area contributed by atoms with Crippen LogP contribution in [0.25, 0.3) is 22.0 Å². The van der Waals surface area contributed by atoms with E-state index in [1.165, 1.54) is 63.0 Å². The van der Waals surface area contributed by atoms with Gasteiger partial charge in [0, 0.05) is 29.2 Å². The van der Waals surface area contributed by atoms with Gasteiger partial charge in [0.15, 0.2) is 0 Å². The molecule has 196 valence electrons. The first-order valence-corrected chi connectivity index (χ1v) is 12.9. The first-order valence-electron chi connectivity index (χ1n) is 12.9. The Balaban J connectivity index is 0.00000380. The predicted octanol–water partition coefficient (Wildman–Crippen LogP) is 2.96. The lowest BCUT2D eigenvalue weighted by molar-refractivity contribution is -0.858. The molecule has 4 rings (SSSR count). The van der Waals surface area contributed by atoms with Crippen molar-refractivity contribution in [2.45, 2.75) is 32.7 Å². The summed E-state index contributed by atoms with van der Waals surface area (Å²) < 4.78 is 13.3. The van der Waals surface area contributed by atoms with Gasteiger partial charge in [0.25, 0.3) is 0 Å². The van der Waals surface area contributed by atoms with Crippen LogP contribution in [0, 0.1) is 0 Å². The van der Waals surface area contributed by atoms with Crippen LogP contribution in [0.4, 0.5) is 0 Å². The summed E-state index contributed by atoms with van der Waals surface area (Å²) >= 11 is 0. The Labute approximate surface area is 232 Å². The lowest BCUT2D eigenvalue weighted by Gasteiger charge is -2.16. The van der Waals surface area contributed by atoms with Gasteiger partial charge in [0.05, 0.1) is 34.9 Å². The van der Waals surface area contributed by atoms with Crippen molar-refractivity contribution in [1.29, 1.82) is 0 Å². The van der Waals surface area contributed by atoms with Crippen molar-refractivity contribution in [3.05, 3.63) is 95.7 Å². The number of aryl methyl sites for hydroxylation is 1. The fourth-order valence-corrected chi connectivity index (χ4v) is 4.97. The van der Waals surface area contributed by atoms with Gasteiger partial charge >= 0.3 is 0 Å². The first kappa shape index (κ1) is 28.5. The number of hydrogen-bond acceptors (Lipinski definition) is 2. The third kappa shape index (κ3) is 6.65. The predicted molar refractivity (Wildman–Crippen MR) is 151 cm³/mol. The number of para-hydroxylation sites is 1. The number of quaternary nitrogens is 1. The molecule has 0 aliphatic carbocycles. The maximum Gasteiger partial charge on any atom is 0.118 e. The lowest BCUT2D eigenvalue weighted by Crippen LogP contribution is -3.05. The number of nitrogens with zero attached hydrogens (tertiary/aromatic N) is 1. The molecule has 0 saturated heterocycles. The molecule has 1 heterocycles. The molecule has 5 heteroatoms. The van der Waals surface area contributed by atoms with Gasteiger partial charge in [-0.15, -0.1) is 0 Å². The molecule has 0 atom stereocenters. The molecule has 0 saturated carbocycles. The van der Waals surface area contributed by atoms with Crippen LogP contribution in [0.1, 0.15) is 42.9 Å². The van der Waals surface area contributed by atoms with Crippen molar-refractivity contribution in [1.82, 2.24) is 4.57 Å². The van der Waals surface area contributed by atoms with E-state index in [9.17, 15) is 0 Å². The number of hydrogen-bond donors (Lipinski definition) is 1. The van der Waals surface area contributed by atoms with Crippen LogP contribution >= 0.6 is 0 Å². The molecule has 3 aromatic carbocycles. The first-order chi connectivity index (χ1) is 17.5. The monoisotopic (exact) mass is 562 g/mol. The van der Waals surface area contributed by atoms with E-state index >= 15 is 0 Å². The summed E-state index contributed by atoms with van der Waals surface area (Å²) in [5, 5.41) is 1.31. The van der Waals surface area contributed by atoms with Crippen LogP contribution in [-0.2, 0) is 6.54 Å². The summed E-state index contributed by atoms with van der Waals surface area (Å²) in [5.41, 5.74) is 7.58. The highest BCUT2D eigenvalue weighted by molar-refractivity contribution is 6.05. The maximum atomic E-state index is 5.44. The molecule has 0 aliphatic rings. The number of methoxy groups -OCH3 is 2. The van der Waals surface area contributed by atoms with Crippen molar-refractivity contribution < 1.29 is 31.4 Å². The third-order valence-corrected chi connectivity index (χ3v) is 6.85. The van der Waals surface area contributed by atoms with E-state index in [1.54, 1.807) is 14.2 Å². The molecule has 0 aliphatic heterocycles. The number of halogens is 1. The molecule has 1 N–H and O–H groups in total. The van der Waals surface area contributed by atoms with E-state index in [-0.39, 0.29) is 17.0 Å². The van der Waals surface area contributed by atoms with E-state index in [1.807, 2.05) is 24.3 Å². The Morgan fingerprint density at radius 3 is 1.86 bits per heavy atom. The molecule has 37 heavy (non-hydrogen) atoms. The highest BCUT2D eigenvalue weighted by Crippen LogP contribution is 2.39. The number of ether oxygens (including phenoxy) is 2. The molecule has 0 bridgehead atoms. The highest BCUT2D eigenvalue weighted by atomic mass is 79.9. The Hall–Kier alpha value is -3.02. The van der Waals surface area contributed by atoms with Crippen molar-refractivity contribution >= 4 is 22.0 Å². The summed E-state index contributed by atoms with van der Waals surface area (Å²) in [4.78, 5) is 1.51. The van der Waals surface area contributed by atoms with E-state index in [0.29, 0.717) is 0 Å². The smallest absolute Gasteiger partial charge is 0.118 e. The second-order valence-electron chi connectivity index (χ2n) is 9.58. The fourth-order valence-electron chi connectivity index (χ4n) is 4.97. The number of aromatic nitrogens is 1. The average Bonchev–Trinajstić information content (AvgIpc) is 3.28. The minimum atomic E-state index is 0. The number of rotatable bonds is 11. The fraction of sp³-hybridized carbons (Fsp3) is 0.312. The quantitative estimate of drug-likeness (QED) is 0.285. The van der Waals surface area contributed by atoms with E-state index in [2.05, 4.69) is 80.3 Å². The molecule has 0 fully saturated rings. The van der Waals surface area contributed by atoms with E-state index in [4.69, 9.17) is 9.47 Å². The van der Waals surface area contributed by atoms with Gasteiger partial charge in [-0.3, -0.25) is 0 Å². The SMILES string of the molecule is CCC(=C(c1ccc(OC)cc1)c1ccc(OC)cc1)c1cn(CCCC[NH+](C)C)c2ccccc12.[Br-]. The molecule has 1 aromatic heterocycles.